The summed E-state index contributed by atoms with van der Waals surface area (Å²) in [6.45, 7) is 7.97. The molecule has 1 N–H and O–H groups in total. The summed E-state index contributed by atoms with van der Waals surface area (Å²) in [4.78, 5) is 0. The smallest absolute Gasteiger partial charge is 0.169 e. The first kappa shape index (κ1) is 12.2. The maximum Gasteiger partial charge on any atom is 0.169 e. The SMILES string of the molecule is CCCNC1CC(c2ccc(Br)o2)C1(C)C. The average Bonchev–Trinajstić information content (AvgIpc) is 2.63. The number of rotatable bonds is 4. The first-order chi connectivity index (χ1) is 7.55. The van der Waals surface area contributed by atoms with E-state index in [1.807, 2.05) is 6.07 Å². The number of hydrogen-bond acceptors (Lipinski definition) is 2. The molecule has 0 saturated heterocycles. The van der Waals surface area contributed by atoms with Gasteiger partial charge in [-0.1, -0.05) is 20.8 Å². The van der Waals surface area contributed by atoms with Crippen LogP contribution < -0.4 is 5.32 Å². The van der Waals surface area contributed by atoms with E-state index in [1.54, 1.807) is 0 Å². The molecule has 1 heterocycles. The Kier molecular flexibility index (Phi) is 3.45. The van der Waals surface area contributed by atoms with Gasteiger partial charge in [0.25, 0.3) is 0 Å². The highest BCUT2D eigenvalue weighted by Gasteiger charge is 2.49. The predicted octanol–water partition coefficient (Wildman–Crippen LogP) is 3.92. The normalized spacial score (nSPS) is 27.8. The van der Waals surface area contributed by atoms with Crippen molar-refractivity contribution < 1.29 is 4.42 Å². The van der Waals surface area contributed by atoms with E-state index in [2.05, 4.69) is 48.1 Å². The lowest BCUT2D eigenvalue weighted by atomic mass is 9.57. The number of hydrogen-bond donors (Lipinski definition) is 1. The van der Waals surface area contributed by atoms with E-state index in [-0.39, 0.29) is 0 Å². The van der Waals surface area contributed by atoms with Gasteiger partial charge < -0.3 is 9.73 Å². The van der Waals surface area contributed by atoms with Crippen molar-refractivity contribution in [3.05, 3.63) is 22.6 Å². The van der Waals surface area contributed by atoms with Crippen LogP contribution in [0.15, 0.2) is 21.2 Å². The number of furan rings is 1. The van der Waals surface area contributed by atoms with Crippen LogP contribution in [0.3, 0.4) is 0 Å². The van der Waals surface area contributed by atoms with Gasteiger partial charge in [0, 0.05) is 12.0 Å². The topological polar surface area (TPSA) is 25.2 Å². The molecular formula is C13H20BrNO. The van der Waals surface area contributed by atoms with Gasteiger partial charge in [-0.15, -0.1) is 0 Å². The molecule has 1 fully saturated rings. The summed E-state index contributed by atoms with van der Waals surface area (Å²) >= 11 is 3.37. The Labute approximate surface area is 106 Å². The van der Waals surface area contributed by atoms with Crippen LogP contribution in [0.1, 0.15) is 45.3 Å². The van der Waals surface area contributed by atoms with Gasteiger partial charge in [0.1, 0.15) is 5.76 Å². The molecule has 1 saturated carbocycles. The van der Waals surface area contributed by atoms with Crippen LogP contribution in [0.2, 0.25) is 0 Å². The van der Waals surface area contributed by atoms with Crippen LogP contribution in [-0.4, -0.2) is 12.6 Å². The van der Waals surface area contributed by atoms with Gasteiger partial charge in [-0.05, 0) is 52.9 Å². The lowest BCUT2D eigenvalue weighted by molar-refractivity contribution is 0.0552. The van der Waals surface area contributed by atoms with E-state index in [0.29, 0.717) is 17.4 Å². The predicted molar refractivity (Wildman–Crippen MR) is 69.6 cm³/mol. The van der Waals surface area contributed by atoms with Gasteiger partial charge >= 0.3 is 0 Å². The van der Waals surface area contributed by atoms with Crippen molar-refractivity contribution in [1.29, 1.82) is 0 Å². The highest BCUT2D eigenvalue weighted by atomic mass is 79.9. The van der Waals surface area contributed by atoms with Crippen molar-refractivity contribution >= 4 is 15.9 Å². The summed E-state index contributed by atoms with van der Waals surface area (Å²) < 4.78 is 6.50. The Morgan fingerprint density at radius 3 is 2.75 bits per heavy atom. The second-order valence-electron chi connectivity index (χ2n) is 5.26. The molecule has 1 aromatic rings. The van der Waals surface area contributed by atoms with Crippen molar-refractivity contribution in [2.75, 3.05) is 6.54 Å². The minimum absolute atomic E-state index is 0.298. The molecule has 16 heavy (non-hydrogen) atoms. The first-order valence-electron chi connectivity index (χ1n) is 6.04. The van der Waals surface area contributed by atoms with Crippen molar-refractivity contribution in [3.63, 3.8) is 0 Å². The second kappa shape index (κ2) is 4.53. The van der Waals surface area contributed by atoms with Crippen molar-refractivity contribution in [2.24, 2.45) is 5.41 Å². The van der Waals surface area contributed by atoms with E-state index in [9.17, 15) is 0 Å². The highest BCUT2D eigenvalue weighted by molar-refractivity contribution is 9.10. The lowest BCUT2D eigenvalue weighted by Crippen LogP contribution is -2.55. The molecule has 2 nitrogen and oxygen atoms in total. The molecule has 1 aliphatic carbocycles. The van der Waals surface area contributed by atoms with Gasteiger partial charge in [-0.3, -0.25) is 0 Å². The zero-order valence-electron chi connectivity index (χ0n) is 10.2. The maximum atomic E-state index is 5.66. The molecule has 3 heteroatoms. The maximum absolute atomic E-state index is 5.66. The summed E-state index contributed by atoms with van der Waals surface area (Å²) in [5.41, 5.74) is 0.298. The Balaban J connectivity index is 2.01. The average molecular weight is 286 g/mol. The standard InChI is InChI=1S/C13H20BrNO/c1-4-7-15-11-8-9(13(11,2)3)10-5-6-12(14)16-10/h5-6,9,11,15H,4,7-8H2,1-3H3. The zero-order valence-corrected chi connectivity index (χ0v) is 11.8. The van der Waals surface area contributed by atoms with Gasteiger partial charge in [-0.2, -0.15) is 0 Å². The molecule has 2 atom stereocenters. The van der Waals surface area contributed by atoms with E-state index in [0.717, 1.165) is 17.0 Å². The molecule has 1 aromatic heterocycles. The summed E-state index contributed by atoms with van der Waals surface area (Å²) in [5, 5.41) is 3.61. The van der Waals surface area contributed by atoms with Gasteiger partial charge in [0.05, 0.1) is 0 Å². The van der Waals surface area contributed by atoms with Crippen LogP contribution in [0.5, 0.6) is 0 Å². The first-order valence-corrected chi connectivity index (χ1v) is 6.83. The quantitative estimate of drug-likeness (QED) is 0.907. The third-order valence-corrected chi connectivity index (χ3v) is 4.27. The van der Waals surface area contributed by atoms with Crippen molar-refractivity contribution in [3.8, 4) is 0 Å². The second-order valence-corrected chi connectivity index (χ2v) is 6.04. The molecule has 1 aliphatic rings. The van der Waals surface area contributed by atoms with Crippen LogP contribution >= 0.6 is 15.9 Å². The number of halogens is 1. The molecule has 0 radical (unpaired) electrons. The fourth-order valence-electron chi connectivity index (χ4n) is 2.59. The molecule has 2 unspecified atom stereocenters. The Morgan fingerprint density at radius 2 is 2.25 bits per heavy atom. The molecule has 0 bridgehead atoms. The molecule has 2 rings (SSSR count). The fraction of sp³-hybridized carbons (Fsp3) is 0.692. The summed E-state index contributed by atoms with van der Waals surface area (Å²) in [6, 6.07) is 4.70. The Bertz CT molecular complexity index is 359. The third-order valence-electron chi connectivity index (χ3n) is 3.85. The molecular weight excluding hydrogens is 266 g/mol. The third kappa shape index (κ3) is 2.07. The minimum Gasteiger partial charge on any atom is -0.454 e. The van der Waals surface area contributed by atoms with Crippen LogP contribution in [0, 0.1) is 5.41 Å². The molecule has 0 aromatic carbocycles. The number of nitrogens with one attached hydrogen (secondary N) is 1. The molecule has 0 amide bonds. The zero-order chi connectivity index (χ0) is 11.8. The molecule has 90 valence electrons. The highest BCUT2D eigenvalue weighted by Crippen LogP contribution is 2.52. The minimum atomic E-state index is 0.298. The van der Waals surface area contributed by atoms with Crippen molar-refractivity contribution in [1.82, 2.24) is 5.32 Å². The van der Waals surface area contributed by atoms with Crippen LogP contribution in [0.25, 0.3) is 0 Å². The van der Waals surface area contributed by atoms with E-state index < -0.39 is 0 Å². The van der Waals surface area contributed by atoms with E-state index in [4.69, 9.17) is 4.42 Å². The molecule has 0 aliphatic heterocycles. The Hall–Kier alpha value is -0.280. The van der Waals surface area contributed by atoms with E-state index >= 15 is 0 Å². The van der Waals surface area contributed by atoms with Crippen LogP contribution in [0.4, 0.5) is 0 Å². The monoisotopic (exact) mass is 285 g/mol. The summed E-state index contributed by atoms with van der Waals surface area (Å²) in [5.74, 6) is 1.67. The van der Waals surface area contributed by atoms with Gasteiger partial charge in [-0.25, -0.2) is 0 Å². The largest absolute Gasteiger partial charge is 0.454 e. The van der Waals surface area contributed by atoms with Gasteiger partial charge in [0.15, 0.2) is 4.67 Å². The van der Waals surface area contributed by atoms with E-state index in [1.165, 1.54) is 12.8 Å². The lowest BCUT2D eigenvalue weighted by Gasteiger charge is -2.51. The Morgan fingerprint density at radius 1 is 1.50 bits per heavy atom. The summed E-state index contributed by atoms with van der Waals surface area (Å²) in [6.07, 6.45) is 2.39. The van der Waals surface area contributed by atoms with Crippen LogP contribution in [-0.2, 0) is 0 Å². The molecule has 0 spiro atoms. The van der Waals surface area contributed by atoms with Crippen molar-refractivity contribution in [2.45, 2.75) is 45.6 Å². The fourth-order valence-corrected chi connectivity index (χ4v) is 2.91. The van der Waals surface area contributed by atoms with Gasteiger partial charge in [0.2, 0.25) is 0 Å². The summed E-state index contributed by atoms with van der Waals surface area (Å²) in [7, 11) is 0.